The predicted molar refractivity (Wildman–Crippen MR) is 53.5 cm³/mol. The summed E-state index contributed by atoms with van der Waals surface area (Å²) in [5.41, 5.74) is 2.31. The van der Waals surface area contributed by atoms with Crippen LogP contribution < -0.4 is 4.74 Å². The Bertz CT molecular complexity index is 395. The molecule has 3 rings (SSSR count). The van der Waals surface area contributed by atoms with E-state index in [9.17, 15) is 0 Å². The van der Waals surface area contributed by atoms with E-state index in [-0.39, 0.29) is 17.8 Å². The van der Waals surface area contributed by atoms with E-state index < -0.39 is 0 Å². The molecule has 2 atom stereocenters. The summed E-state index contributed by atoms with van der Waals surface area (Å²) in [5, 5.41) is 0. The van der Waals surface area contributed by atoms with Crippen LogP contribution in [0.3, 0.4) is 0 Å². The first-order valence-corrected chi connectivity index (χ1v) is 5.03. The first kappa shape index (κ1) is 8.30. The van der Waals surface area contributed by atoms with Crippen molar-refractivity contribution in [1.29, 1.82) is 0 Å². The lowest BCUT2D eigenvalue weighted by Gasteiger charge is -2.29. The molecule has 2 aliphatic rings. The fourth-order valence-electron chi connectivity index (χ4n) is 2.20. The van der Waals surface area contributed by atoms with Gasteiger partial charge in [-0.1, -0.05) is 11.6 Å². The normalized spacial score (nSPS) is 31.4. The Labute approximate surface area is 83.8 Å². The second-order valence-electron chi connectivity index (χ2n) is 4.72. The van der Waals surface area contributed by atoms with Gasteiger partial charge in [-0.25, -0.2) is 0 Å². The van der Waals surface area contributed by atoms with Crippen molar-refractivity contribution >= 4 is 0 Å². The quantitative estimate of drug-likeness (QED) is 0.586. The standard InChI is InChI=1S/C12H14O2/c1-7-4-5-9-8(6-7)10-11(13-10)12(2,3)14-9/h4-6,10-11H,1-3H3. The molecule has 0 amide bonds. The summed E-state index contributed by atoms with van der Waals surface area (Å²) in [7, 11) is 0. The monoisotopic (exact) mass is 190 g/mol. The van der Waals surface area contributed by atoms with Crippen molar-refractivity contribution in [3.63, 3.8) is 0 Å². The van der Waals surface area contributed by atoms with Crippen LogP contribution in [0.25, 0.3) is 0 Å². The third kappa shape index (κ3) is 1.01. The Morgan fingerprint density at radius 1 is 1.29 bits per heavy atom. The van der Waals surface area contributed by atoms with Crippen molar-refractivity contribution in [1.82, 2.24) is 0 Å². The topological polar surface area (TPSA) is 21.8 Å². The van der Waals surface area contributed by atoms with Crippen LogP contribution >= 0.6 is 0 Å². The largest absolute Gasteiger partial charge is 0.485 e. The molecule has 0 aliphatic carbocycles. The number of hydrogen-bond acceptors (Lipinski definition) is 2. The van der Waals surface area contributed by atoms with Crippen LogP contribution in [-0.4, -0.2) is 11.7 Å². The van der Waals surface area contributed by atoms with Crippen LogP contribution in [0.2, 0.25) is 0 Å². The lowest BCUT2D eigenvalue weighted by atomic mass is 9.93. The zero-order chi connectivity index (χ0) is 9.92. The zero-order valence-electron chi connectivity index (χ0n) is 8.70. The van der Waals surface area contributed by atoms with Crippen LogP contribution in [0.5, 0.6) is 5.75 Å². The molecule has 2 aliphatic heterocycles. The maximum absolute atomic E-state index is 5.90. The van der Waals surface area contributed by atoms with E-state index in [2.05, 4.69) is 32.9 Å². The molecule has 2 unspecified atom stereocenters. The minimum atomic E-state index is -0.174. The van der Waals surface area contributed by atoms with E-state index in [1.807, 2.05) is 6.07 Å². The highest BCUT2D eigenvalue weighted by Gasteiger charge is 2.56. The Morgan fingerprint density at radius 3 is 2.86 bits per heavy atom. The maximum Gasteiger partial charge on any atom is 0.132 e. The smallest absolute Gasteiger partial charge is 0.132 e. The van der Waals surface area contributed by atoms with Crippen molar-refractivity contribution in [2.24, 2.45) is 0 Å². The van der Waals surface area contributed by atoms with Gasteiger partial charge in [0.25, 0.3) is 0 Å². The second-order valence-corrected chi connectivity index (χ2v) is 4.72. The van der Waals surface area contributed by atoms with Crippen molar-refractivity contribution < 1.29 is 9.47 Å². The van der Waals surface area contributed by atoms with Gasteiger partial charge < -0.3 is 9.47 Å². The van der Waals surface area contributed by atoms with Crippen LogP contribution in [-0.2, 0) is 4.74 Å². The van der Waals surface area contributed by atoms with Gasteiger partial charge in [0.1, 0.15) is 23.6 Å². The molecule has 2 heteroatoms. The SMILES string of the molecule is Cc1ccc2c(c1)C1OC1C(C)(C)O2. The van der Waals surface area contributed by atoms with Crippen molar-refractivity contribution in [3.05, 3.63) is 29.3 Å². The molecule has 2 heterocycles. The molecule has 1 saturated heterocycles. The Kier molecular flexibility index (Phi) is 1.37. The number of hydrogen-bond donors (Lipinski definition) is 0. The van der Waals surface area contributed by atoms with Crippen LogP contribution in [0.1, 0.15) is 31.1 Å². The van der Waals surface area contributed by atoms with Gasteiger partial charge in [0.05, 0.1) is 0 Å². The van der Waals surface area contributed by atoms with Crippen molar-refractivity contribution in [2.45, 2.75) is 38.6 Å². The predicted octanol–water partition coefficient (Wildman–Crippen LogP) is 2.61. The molecular formula is C12H14O2. The van der Waals surface area contributed by atoms with Gasteiger partial charge in [0, 0.05) is 5.56 Å². The van der Waals surface area contributed by atoms with E-state index in [1.165, 1.54) is 11.1 Å². The molecule has 1 aromatic carbocycles. The minimum absolute atomic E-state index is 0.174. The third-order valence-corrected chi connectivity index (χ3v) is 3.02. The molecule has 2 nitrogen and oxygen atoms in total. The molecule has 1 aromatic rings. The molecule has 0 N–H and O–H groups in total. The number of benzene rings is 1. The highest BCUT2D eigenvalue weighted by atomic mass is 16.6. The fraction of sp³-hybridized carbons (Fsp3) is 0.500. The first-order chi connectivity index (χ1) is 6.58. The van der Waals surface area contributed by atoms with Gasteiger partial charge >= 0.3 is 0 Å². The number of rotatable bonds is 0. The second kappa shape index (κ2) is 2.31. The van der Waals surface area contributed by atoms with E-state index >= 15 is 0 Å². The highest BCUT2D eigenvalue weighted by molar-refractivity contribution is 5.44. The van der Waals surface area contributed by atoms with Gasteiger partial charge in [-0.3, -0.25) is 0 Å². The molecular weight excluding hydrogens is 176 g/mol. The number of aryl methyl sites for hydroxylation is 1. The average Bonchev–Trinajstić information content (AvgIpc) is 2.86. The molecule has 0 saturated carbocycles. The van der Waals surface area contributed by atoms with E-state index in [0.717, 1.165) is 5.75 Å². The van der Waals surface area contributed by atoms with Gasteiger partial charge in [0.2, 0.25) is 0 Å². The molecule has 0 aromatic heterocycles. The molecule has 1 fully saturated rings. The van der Waals surface area contributed by atoms with Gasteiger partial charge in [0.15, 0.2) is 0 Å². The van der Waals surface area contributed by atoms with E-state index in [1.54, 1.807) is 0 Å². The summed E-state index contributed by atoms with van der Waals surface area (Å²) in [5.74, 6) is 0.986. The summed E-state index contributed by atoms with van der Waals surface area (Å²) < 4.78 is 11.6. The summed E-state index contributed by atoms with van der Waals surface area (Å²) in [6, 6.07) is 6.29. The van der Waals surface area contributed by atoms with Gasteiger partial charge in [-0.15, -0.1) is 0 Å². The zero-order valence-corrected chi connectivity index (χ0v) is 8.70. The van der Waals surface area contributed by atoms with Gasteiger partial charge in [-0.2, -0.15) is 0 Å². The Balaban J connectivity index is 2.11. The van der Waals surface area contributed by atoms with Crippen LogP contribution in [0.15, 0.2) is 18.2 Å². The van der Waals surface area contributed by atoms with Crippen LogP contribution in [0, 0.1) is 6.92 Å². The lowest BCUT2D eigenvalue weighted by Crippen LogP contribution is -2.37. The van der Waals surface area contributed by atoms with E-state index in [0.29, 0.717) is 0 Å². The van der Waals surface area contributed by atoms with Crippen molar-refractivity contribution in [3.8, 4) is 5.75 Å². The number of ether oxygens (including phenoxy) is 2. The molecule has 0 radical (unpaired) electrons. The Hall–Kier alpha value is -1.02. The van der Waals surface area contributed by atoms with Crippen LogP contribution in [0.4, 0.5) is 0 Å². The third-order valence-electron chi connectivity index (χ3n) is 3.02. The maximum atomic E-state index is 5.90. The van der Waals surface area contributed by atoms with Gasteiger partial charge in [-0.05, 0) is 32.9 Å². The number of fused-ring (bicyclic) bond motifs is 3. The highest BCUT2D eigenvalue weighted by Crippen LogP contribution is 2.53. The summed E-state index contributed by atoms with van der Waals surface area (Å²) >= 11 is 0. The fourth-order valence-corrected chi connectivity index (χ4v) is 2.20. The minimum Gasteiger partial charge on any atom is -0.485 e. The van der Waals surface area contributed by atoms with Crippen molar-refractivity contribution in [2.75, 3.05) is 0 Å². The average molecular weight is 190 g/mol. The van der Waals surface area contributed by atoms with E-state index in [4.69, 9.17) is 9.47 Å². The first-order valence-electron chi connectivity index (χ1n) is 5.03. The summed E-state index contributed by atoms with van der Waals surface area (Å²) in [6.07, 6.45) is 0.519. The molecule has 74 valence electrons. The Morgan fingerprint density at radius 2 is 2.07 bits per heavy atom. The molecule has 14 heavy (non-hydrogen) atoms. The summed E-state index contributed by atoms with van der Waals surface area (Å²) in [4.78, 5) is 0. The summed E-state index contributed by atoms with van der Waals surface area (Å²) in [6.45, 7) is 6.26. The lowest BCUT2D eigenvalue weighted by molar-refractivity contribution is 0.0725. The molecule has 0 bridgehead atoms. The molecule has 0 spiro atoms. The number of epoxide rings is 1.